The smallest absolute Gasteiger partial charge is 0.322 e. The molecule has 0 heterocycles. The second-order valence-corrected chi connectivity index (χ2v) is 5.71. The summed E-state index contributed by atoms with van der Waals surface area (Å²) in [6.45, 7) is 10.9. The van der Waals surface area contributed by atoms with Gasteiger partial charge in [0.15, 0.2) is 0 Å². The minimum Gasteiger partial charge on any atom is -0.465 e. The van der Waals surface area contributed by atoms with Gasteiger partial charge in [0.2, 0.25) is 0 Å². The third-order valence-electron chi connectivity index (χ3n) is 2.12. The highest BCUT2D eigenvalue weighted by Crippen LogP contribution is 2.18. The number of hydrogen-bond donors (Lipinski definition) is 1. The van der Waals surface area contributed by atoms with E-state index in [-0.39, 0.29) is 11.4 Å². The zero-order valence-corrected chi connectivity index (χ0v) is 10.7. The Balaban J connectivity index is 3.74. The zero-order valence-electron chi connectivity index (χ0n) is 10.7. The van der Waals surface area contributed by atoms with E-state index in [9.17, 15) is 4.79 Å². The van der Waals surface area contributed by atoms with E-state index in [1.807, 2.05) is 13.8 Å². The van der Waals surface area contributed by atoms with Gasteiger partial charge in [0.25, 0.3) is 0 Å². The molecule has 0 saturated heterocycles. The topological polar surface area (TPSA) is 52.3 Å². The highest BCUT2D eigenvalue weighted by Gasteiger charge is 2.17. The first-order valence-electron chi connectivity index (χ1n) is 5.64. The van der Waals surface area contributed by atoms with Gasteiger partial charge in [-0.15, -0.1) is 0 Å². The SMILES string of the molecule is CC(C)C[C@H](N)C(=O)OCCC(C)(C)C. The molecule has 0 spiro atoms. The lowest BCUT2D eigenvalue weighted by Crippen LogP contribution is -2.34. The Labute approximate surface area is 93.4 Å². The molecule has 0 aliphatic carbocycles. The van der Waals surface area contributed by atoms with Crippen LogP contribution in [0.15, 0.2) is 0 Å². The van der Waals surface area contributed by atoms with E-state index >= 15 is 0 Å². The van der Waals surface area contributed by atoms with Gasteiger partial charge in [-0.05, 0) is 24.2 Å². The molecule has 0 aliphatic rings. The van der Waals surface area contributed by atoms with Gasteiger partial charge < -0.3 is 10.5 Å². The van der Waals surface area contributed by atoms with Crippen molar-refractivity contribution in [1.82, 2.24) is 0 Å². The van der Waals surface area contributed by atoms with Crippen molar-refractivity contribution in [2.24, 2.45) is 17.1 Å². The monoisotopic (exact) mass is 215 g/mol. The predicted octanol–water partition coefficient (Wildman–Crippen LogP) is 2.34. The fourth-order valence-corrected chi connectivity index (χ4v) is 1.17. The average molecular weight is 215 g/mol. The largest absolute Gasteiger partial charge is 0.465 e. The fraction of sp³-hybridized carbons (Fsp3) is 0.917. The lowest BCUT2D eigenvalue weighted by molar-refractivity contribution is -0.146. The van der Waals surface area contributed by atoms with E-state index in [1.54, 1.807) is 0 Å². The predicted molar refractivity (Wildman–Crippen MR) is 62.5 cm³/mol. The molecule has 0 aromatic rings. The molecule has 15 heavy (non-hydrogen) atoms. The molecule has 3 nitrogen and oxygen atoms in total. The summed E-state index contributed by atoms with van der Waals surface area (Å²) in [5.41, 5.74) is 5.89. The van der Waals surface area contributed by atoms with Crippen molar-refractivity contribution in [2.75, 3.05) is 6.61 Å². The molecular formula is C12H25NO2. The van der Waals surface area contributed by atoms with Crippen LogP contribution in [-0.2, 0) is 9.53 Å². The number of hydrogen-bond acceptors (Lipinski definition) is 3. The Morgan fingerprint density at radius 3 is 2.27 bits per heavy atom. The second-order valence-electron chi connectivity index (χ2n) is 5.71. The van der Waals surface area contributed by atoms with Crippen LogP contribution in [0.4, 0.5) is 0 Å². The van der Waals surface area contributed by atoms with Crippen LogP contribution in [0, 0.1) is 11.3 Å². The normalized spacial score (nSPS) is 14.1. The molecule has 0 rings (SSSR count). The molecule has 0 saturated carbocycles. The minimum absolute atomic E-state index is 0.197. The van der Waals surface area contributed by atoms with Gasteiger partial charge in [0.1, 0.15) is 6.04 Å². The van der Waals surface area contributed by atoms with Crippen LogP contribution in [-0.4, -0.2) is 18.6 Å². The van der Waals surface area contributed by atoms with Gasteiger partial charge in [0, 0.05) is 0 Å². The van der Waals surface area contributed by atoms with Gasteiger partial charge in [-0.25, -0.2) is 0 Å². The van der Waals surface area contributed by atoms with Gasteiger partial charge in [0.05, 0.1) is 6.61 Å². The van der Waals surface area contributed by atoms with Crippen molar-refractivity contribution in [3.63, 3.8) is 0 Å². The standard InChI is InChI=1S/C12H25NO2/c1-9(2)8-10(13)11(14)15-7-6-12(3,4)5/h9-10H,6-8,13H2,1-5H3/t10-/m0/s1. The number of esters is 1. The van der Waals surface area contributed by atoms with Gasteiger partial charge in [-0.2, -0.15) is 0 Å². The molecule has 1 atom stereocenters. The number of carbonyl (C=O) groups excluding carboxylic acids is 1. The summed E-state index contributed by atoms with van der Waals surface area (Å²) in [6.07, 6.45) is 1.56. The van der Waals surface area contributed by atoms with Crippen molar-refractivity contribution in [3.8, 4) is 0 Å². The Kier molecular flexibility index (Phi) is 5.88. The summed E-state index contributed by atoms with van der Waals surface area (Å²) in [5.74, 6) is 0.156. The van der Waals surface area contributed by atoms with E-state index in [0.29, 0.717) is 18.9 Å². The van der Waals surface area contributed by atoms with Gasteiger partial charge >= 0.3 is 5.97 Å². The molecule has 0 aromatic carbocycles. The maximum Gasteiger partial charge on any atom is 0.322 e. The van der Waals surface area contributed by atoms with Crippen LogP contribution in [0.2, 0.25) is 0 Å². The zero-order chi connectivity index (χ0) is 12.1. The fourth-order valence-electron chi connectivity index (χ4n) is 1.17. The van der Waals surface area contributed by atoms with E-state index < -0.39 is 6.04 Å². The minimum atomic E-state index is -0.468. The number of carbonyl (C=O) groups is 1. The first-order chi connectivity index (χ1) is 6.72. The van der Waals surface area contributed by atoms with Gasteiger partial charge in [-0.3, -0.25) is 4.79 Å². The first-order valence-corrected chi connectivity index (χ1v) is 5.64. The van der Waals surface area contributed by atoms with Crippen molar-refractivity contribution >= 4 is 5.97 Å². The molecule has 0 fully saturated rings. The molecule has 0 bridgehead atoms. The first kappa shape index (κ1) is 14.4. The summed E-state index contributed by atoms with van der Waals surface area (Å²) in [7, 11) is 0. The third kappa shape index (κ3) is 8.43. The van der Waals surface area contributed by atoms with Crippen LogP contribution in [0.1, 0.15) is 47.5 Å². The van der Waals surface area contributed by atoms with Crippen molar-refractivity contribution < 1.29 is 9.53 Å². The number of ether oxygens (including phenoxy) is 1. The van der Waals surface area contributed by atoms with E-state index in [2.05, 4.69) is 20.8 Å². The second kappa shape index (κ2) is 6.11. The van der Waals surface area contributed by atoms with Crippen LogP contribution in [0.5, 0.6) is 0 Å². The summed E-state index contributed by atoms with van der Waals surface area (Å²) >= 11 is 0. The Morgan fingerprint density at radius 2 is 1.87 bits per heavy atom. The highest BCUT2D eigenvalue weighted by molar-refractivity contribution is 5.75. The molecule has 3 heteroatoms. The summed E-state index contributed by atoms with van der Waals surface area (Å²) in [5, 5.41) is 0. The molecule has 0 aromatic heterocycles. The van der Waals surface area contributed by atoms with E-state index in [4.69, 9.17) is 10.5 Å². The number of rotatable bonds is 5. The van der Waals surface area contributed by atoms with Crippen LogP contribution < -0.4 is 5.73 Å². The van der Waals surface area contributed by atoms with Crippen LogP contribution >= 0.6 is 0 Å². The summed E-state index contributed by atoms with van der Waals surface area (Å²) in [4.78, 5) is 11.4. The molecule has 0 unspecified atom stereocenters. The summed E-state index contributed by atoms with van der Waals surface area (Å²) in [6, 6.07) is -0.468. The Hall–Kier alpha value is -0.570. The molecule has 90 valence electrons. The van der Waals surface area contributed by atoms with Crippen LogP contribution in [0.25, 0.3) is 0 Å². The molecular weight excluding hydrogens is 190 g/mol. The summed E-state index contributed by atoms with van der Waals surface area (Å²) < 4.78 is 5.12. The Morgan fingerprint density at radius 1 is 1.33 bits per heavy atom. The third-order valence-corrected chi connectivity index (χ3v) is 2.12. The van der Waals surface area contributed by atoms with E-state index in [1.165, 1.54) is 0 Å². The molecule has 0 radical (unpaired) electrons. The lowest BCUT2D eigenvalue weighted by atomic mass is 9.93. The van der Waals surface area contributed by atoms with Crippen molar-refractivity contribution in [3.05, 3.63) is 0 Å². The van der Waals surface area contributed by atoms with Crippen molar-refractivity contribution in [1.29, 1.82) is 0 Å². The molecule has 2 N–H and O–H groups in total. The Bertz CT molecular complexity index is 194. The molecule has 0 amide bonds. The van der Waals surface area contributed by atoms with Gasteiger partial charge in [-0.1, -0.05) is 34.6 Å². The quantitative estimate of drug-likeness (QED) is 0.716. The lowest BCUT2D eigenvalue weighted by Gasteiger charge is -2.19. The highest BCUT2D eigenvalue weighted by atomic mass is 16.5. The average Bonchev–Trinajstić information content (AvgIpc) is 2.00. The maximum absolute atomic E-state index is 11.4. The van der Waals surface area contributed by atoms with Crippen LogP contribution in [0.3, 0.4) is 0 Å². The van der Waals surface area contributed by atoms with Crippen molar-refractivity contribution in [2.45, 2.75) is 53.5 Å². The maximum atomic E-state index is 11.4. The van der Waals surface area contributed by atoms with E-state index in [0.717, 1.165) is 6.42 Å². The molecule has 0 aliphatic heterocycles. The number of nitrogens with two attached hydrogens (primary N) is 1.